The third-order valence-electron chi connectivity index (χ3n) is 1.99. The maximum absolute atomic E-state index is 10.6. The largest absolute Gasteiger partial charge is 0.343 e. The molecule has 0 rings (SSSR count). The zero-order chi connectivity index (χ0) is 10.3. The number of hydrogen-bond acceptors (Lipinski definition) is 1. The fourth-order valence-corrected chi connectivity index (χ4v) is 1.63. The van der Waals surface area contributed by atoms with Gasteiger partial charge in [-0.2, -0.15) is 0 Å². The lowest BCUT2D eigenvalue weighted by molar-refractivity contribution is 0.351. The highest BCUT2D eigenvalue weighted by Gasteiger charge is 2.24. The minimum absolute atomic E-state index is 0.313. The maximum Gasteiger partial charge on any atom is 0.343 e. The lowest BCUT2D eigenvalue weighted by atomic mass is 10.1. The standard InChI is InChI=1S/C8H19NO3P/c1-2-3-4-5-6-7-8(9)13(10,11)12/h8-9H,2-7H2,1H3,(H2,10,11,12). The summed E-state index contributed by atoms with van der Waals surface area (Å²) in [6, 6.07) is 0. The van der Waals surface area contributed by atoms with Crippen LogP contribution in [0.3, 0.4) is 0 Å². The van der Waals surface area contributed by atoms with Crippen molar-refractivity contribution in [2.24, 2.45) is 0 Å². The average Bonchev–Trinajstić information content (AvgIpc) is 2.02. The first-order valence-electron chi connectivity index (χ1n) is 4.74. The molecule has 0 fully saturated rings. The molecule has 0 amide bonds. The first kappa shape index (κ1) is 13.1. The van der Waals surface area contributed by atoms with Gasteiger partial charge in [0.05, 0.1) is 0 Å². The minimum Gasteiger partial charge on any atom is -0.323 e. The van der Waals surface area contributed by atoms with Gasteiger partial charge in [-0.1, -0.05) is 39.0 Å². The fourth-order valence-electron chi connectivity index (χ4n) is 1.11. The van der Waals surface area contributed by atoms with Crippen molar-refractivity contribution < 1.29 is 14.4 Å². The summed E-state index contributed by atoms with van der Waals surface area (Å²) in [4.78, 5) is 17.2. The Morgan fingerprint density at radius 2 is 1.77 bits per heavy atom. The van der Waals surface area contributed by atoms with Crippen molar-refractivity contribution in [3.05, 3.63) is 0 Å². The SMILES string of the molecule is CCCCCCCC([NH])P(=O)(O)O. The molecule has 0 aliphatic carbocycles. The molecule has 1 atom stereocenters. The number of nitrogens with one attached hydrogen (secondary N) is 1. The zero-order valence-electron chi connectivity index (χ0n) is 8.07. The summed E-state index contributed by atoms with van der Waals surface area (Å²) in [5.74, 6) is -1.21. The molecule has 0 bridgehead atoms. The van der Waals surface area contributed by atoms with Crippen molar-refractivity contribution in [1.29, 1.82) is 0 Å². The van der Waals surface area contributed by atoms with Crippen LogP contribution in [0.4, 0.5) is 0 Å². The molecule has 0 spiro atoms. The normalized spacial score (nSPS) is 14.5. The topological polar surface area (TPSA) is 81.3 Å². The molecule has 3 N–H and O–H groups in total. The smallest absolute Gasteiger partial charge is 0.323 e. The van der Waals surface area contributed by atoms with Crippen molar-refractivity contribution in [3.63, 3.8) is 0 Å². The second-order valence-corrected chi connectivity index (χ2v) is 5.11. The van der Waals surface area contributed by atoms with Crippen molar-refractivity contribution in [2.45, 2.75) is 51.2 Å². The molecule has 0 aromatic carbocycles. The van der Waals surface area contributed by atoms with Gasteiger partial charge in [-0.15, -0.1) is 0 Å². The van der Waals surface area contributed by atoms with Crippen LogP contribution >= 0.6 is 7.60 Å². The van der Waals surface area contributed by atoms with Crippen molar-refractivity contribution in [3.8, 4) is 0 Å². The summed E-state index contributed by atoms with van der Waals surface area (Å²) < 4.78 is 10.6. The molecular weight excluding hydrogens is 189 g/mol. The highest BCUT2D eigenvalue weighted by atomic mass is 31.2. The van der Waals surface area contributed by atoms with Gasteiger partial charge in [0.1, 0.15) is 5.78 Å². The van der Waals surface area contributed by atoms with E-state index in [1.54, 1.807) is 0 Å². The Balaban J connectivity index is 3.38. The highest BCUT2D eigenvalue weighted by Crippen LogP contribution is 2.41. The van der Waals surface area contributed by atoms with E-state index in [0.717, 1.165) is 25.7 Å². The van der Waals surface area contributed by atoms with Crippen LogP contribution in [0.1, 0.15) is 45.4 Å². The van der Waals surface area contributed by atoms with Crippen LogP contribution in [0.25, 0.3) is 0 Å². The van der Waals surface area contributed by atoms with Crippen LogP contribution in [0.15, 0.2) is 0 Å². The average molecular weight is 208 g/mol. The third-order valence-corrected chi connectivity index (χ3v) is 3.06. The second-order valence-electron chi connectivity index (χ2n) is 3.31. The quantitative estimate of drug-likeness (QED) is 0.496. The molecule has 5 heteroatoms. The number of unbranched alkanes of at least 4 members (excludes halogenated alkanes) is 4. The first-order chi connectivity index (χ1) is 5.98. The van der Waals surface area contributed by atoms with Gasteiger partial charge in [-0.3, -0.25) is 4.57 Å². The molecule has 0 aliphatic rings. The third kappa shape index (κ3) is 7.20. The molecule has 0 heterocycles. The summed E-state index contributed by atoms with van der Waals surface area (Å²) in [6.45, 7) is 2.11. The van der Waals surface area contributed by atoms with E-state index in [2.05, 4.69) is 6.92 Å². The Kier molecular flexibility index (Phi) is 6.60. The summed E-state index contributed by atoms with van der Waals surface area (Å²) in [5, 5.41) is 0. The van der Waals surface area contributed by atoms with Crippen molar-refractivity contribution in [1.82, 2.24) is 5.73 Å². The second kappa shape index (κ2) is 6.55. The summed E-state index contributed by atoms with van der Waals surface area (Å²) >= 11 is 0. The number of rotatable bonds is 7. The van der Waals surface area contributed by atoms with Gasteiger partial charge in [0.25, 0.3) is 0 Å². The molecule has 13 heavy (non-hydrogen) atoms. The predicted octanol–water partition coefficient (Wildman–Crippen LogP) is 2.13. The van der Waals surface area contributed by atoms with E-state index in [4.69, 9.17) is 15.5 Å². The van der Waals surface area contributed by atoms with Gasteiger partial charge < -0.3 is 9.79 Å². The Bertz CT molecular complexity index is 169. The Morgan fingerprint density at radius 3 is 2.23 bits per heavy atom. The van der Waals surface area contributed by atoms with E-state index >= 15 is 0 Å². The predicted molar refractivity (Wildman–Crippen MR) is 52.3 cm³/mol. The summed E-state index contributed by atoms with van der Waals surface area (Å²) in [5.41, 5.74) is 7.14. The molecule has 0 aromatic rings. The maximum atomic E-state index is 10.6. The first-order valence-corrected chi connectivity index (χ1v) is 6.43. The van der Waals surface area contributed by atoms with Crippen LogP contribution in [0, 0.1) is 0 Å². The molecule has 0 saturated carbocycles. The lowest BCUT2D eigenvalue weighted by Crippen LogP contribution is -2.08. The number of hydrogen-bond donors (Lipinski definition) is 2. The van der Waals surface area contributed by atoms with E-state index in [-0.39, 0.29) is 0 Å². The van der Waals surface area contributed by atoms with Gasteiger partial charge in [0, 0.05) is 0 Å². The van der Waals surface area contributed by atoms with Gasteiger partial charge in [-0.25, -0.2) is 5.73 Å². The van der Waals surface area contributed by atoms with Gasteiger partial charge in [-0.05, 0) is 6.42 Å². The zero-order valence-corrected chi connectivity index (χ0v) is 8.96. The minimum atomic E-state index is -4.15. The lowest BCUT2D eigenvalue weighted by Gasteiger charge is -2.11. The molecule has 4 nitrogen and oxygen atoms in total. The van der Waals surface area contributed by atoms with E-state index in [1.807, 2.05) is 0 Å². The van der Waals surface area contributed by atoms with Gasteiger partial charge in [0.2, 0.25) is 0 Å². The highest BCUT2D eigenvalue weighted by molar-refractivity contribution is 7.52. The molecule has 1 unspecified atom stereocenters. The van der Waals surface area contributed by atoms with Crippen molar-refractivity contribution >= 4 is 7.60 Å². The molecule has 0 saturated heterocycles. The van der Waals surface area contributed by atoms with E-state index in [0.29, 0.717) is 6.42 Å². The summed E-state index contributed by atoms with van der Waals surface area (Å²) in [7, 11) is -4.15. The van der Waals surface area contributed by atoms with Crippen LogP contribution in [0.5, 0.6) is 0 Å². The monoisotopic (exact) mass is 208 g/mol. The molecular formula is C8H19NO3P. The Labute approximate surface area is 79.7 Å². The molecule has 0 aromatic heterocycles. The Hall–Kier alpha value is 0.110. The molecule has 0 aliphatic heterocycles. The van der Waals surface area contributed by atoms with E-state index in [1.165, 1.54) is 6.42 Å². The van der Waals surface area contributed by atoms with E-state index < -0.39 is 13.4 Å². The van der Waals surface area contributed by atoms with E-state index in [9.17, 15) is 4.57 Å². The van der Waals surface area contributed by atoms with Crippen LogP contribution < -0.4 is 5.73 Å². The molecule has 79 valence electrons. The van der Waals surface area contributed by atoms with Gasteiger partial charge >= 0.3 is 7.60 Å². The summed E-state index contributed by atoms with van der Waals surface area (Å²) in [6.07, 6.45) is 5.46. The van der Waals surface area contributed by atoms with Crippen LogP contribution in [-0.4, -0.2) is 15.6 Å². The fraction of sp³-hybridized carbons (Fsp3) is 1.00. The van der Waals surface area contributed by atoms with Crippen LogP contribution in [0.2, 0.25) is 0 Å². The molecule has 1 radical (unpaired) electrons. The Morgan fingerprint density at radius 1 is 1.23 bits per heavy atom. The van der Waals surface area contributed by atoms with Gasteiger partial charge in [0.15, 0.2) is 0 Å². The van der Waals surface area contributed by atoms with Crippen LogP contribution in [-0.2, 0) is 4.57 Å². The van der Waals surface area contributed by atoms with Crippen molar-refractivity contribution in [2.75, 3.05) is 0 Å².